The van der Waals surface area contributed by atoms with Crippen molar-refractivity contribution in [1.82, 2.24) is 4.98 Å². The molecule has 3 aromatic rings. The average Bonchev–Trinajstić information content (AvgIpc) is 2.54. The number of sulfonamides is 1. The van der Waals surface area contributed by atoms with Gasteiger partial charge in [0.05, 0.1) is 11.8 Å². The Morgan fingerprint density at radius 3 is 2.32 bits per heavy atom. The van der Waals surface area contributed by atoms with Crippen LogP contribution in [0.15, 0.2) is 59.4 Å². The quantitative estimate of drug-likeness (QED) is 0.665. The molecule has 1 amide bonds. The third-order valence-corrected chi connectivity index (χ3v) is 4.05. The van der Waals surface area contributed by atoms with E-state index in [1.165, 1.54) is 18.2 Å². The van der Waals surface area contributed by atoms with Gasteiger partial charge in [-0.2, -0.15) is 0 Å². The first kappa shape index (κ1) is 16.7. The number of anilines is 2. The van der Waals surface area contributed by atoms with Crippen LogP contribution in [0.3, 0.4) is 0 Å². The zero-order valence-corrected chi connectivity index (χ0v) is 14.1. The van der Waals surface area contributed by atoms with E-state index in [9.17, 15) is 18.0 Å². The molecule has 0 spiro atoms. The standard InChI is InChI=1S/C17H15N3O4S/c1-25(23,24)20-12-8-6-11(7-9-12)18-17(22)14-10-16(21)19-15-5-3-2-4-13(14)15/h2-10,20H,1H3,(H,18,22)(H,19,21). The van der Waals surface area contributed by atoms with E-state index in [1.807, 2.05) is 0 Å². The number of carbonyl (C=O) groups excluding carboxylic acids is 1. The van der Waals surface area contributed by atoms with Gasteiger partial charge in [0.25, 0.3) is 5.91 Å². The summed E-state index contributed by atoms with van der Waals surface area (Å²) in [4.78, 5) is 26.9. The molecule has 7 nitrogen and oxygen atoms in total. The van der Waals surface area contributed by atoms with Crippen molar-refractivity contribution in [2.45, 2.75) is 0 Å². The van der Waals surface area contributed by atoms with Crippen LogP contribution in [0.5, 0.6) is 0 Å². The van der Waals surface area contributed by atoms with E-state index in [0.717, 1.165) is 6.26 Å². The number of amides is 1. The highest BCUT2D eigenvalue weighted by molar-refractivity contribution is 7.92. The van der Waals surface area contributed by atoms with Crippen molar-refractivity contribution in [3.63, 3.8) is 0 Å². The number of rotatable bonds is 4. The van der Waals surface area contributed by atoms with Crippen molar-refractivity contribution in [1.29, 1.82) is 0 Å². The van der Waals surface area contributed by atoms with Gasteiger partial charge in [-0.1, -0.05) is 18.2 Å². The van der Waals surface area contributed by atoms with Crippen LogP contribution < -0.4 is 15.6 Å². The Balaban J connectivity index is 1.87. The lowest BCUT2D eigenvalue weighted by Crippen LogP contribution is -2.17. The fourth-order valence-electron chi connectivity index (χ4n) is 2.43. The molecule has 25 heavy (non-hydrogen) atoms. The van der Waals surface area contributed by atoms with E-state index in [0.29, 0.717) is 22.3 Å². The first-order chi connectivity index (χ1) is 11.8. The molecule has 0 unspecified atom stereocenters. The maximum atomic E-state index is 12.5. The number of hydrogen-bond donors (Lipinski definition) is 3. The maximum Gasteiger partial charge on any atom is 0.256 e. The van der Waals surface area contributed by atoms with Crippen LogP contribution >= 0.6 is 0 Å². The third kappa shape index (κ3) is 4.04. The zero-order valence-electron chi connectivity index (χ0n) is 13.2. The van der Waals surface area contributed by atoms with Crippen LogP contribution in [-0.4, -0.2) is 25.6 Å². The largest absolute Gasteiger partial charge is 0.322 e. The summed E-state index contributed by atoms with van der Waals surface area (Å²) < 4.78 is 24.7. The normalized spacial score (nSPS) is 11.2. The fraction of sp³-hybridized carbons (Fsp3) is 0.0588. The number of aromatic nitrogens is 1. The molecule has 0 aliphatic carbocycles. The number of carbonyl (C=O) groups is 1. The summed E-state index contributed by atoms with van der Waals surface area (Å²) in [6, 6.07) is 14.5. The van der Waals surface area contributed by atoms with Crippen LogP contribution in [0.25, 0.3) is 10.9 Å². The van der Waals surface area contributed by atoms with Crippen LogP contribution in [0, 0.1) is 0 Å². The molecule has 0 radical (unpaired) electrons. The van der Waals surface area contributed by atoms with Gasteiger partial charge in [-0.25, -0.2) is 8.42 Å². The molecule has 0 aliphatic rings. The Hall–Kier alpha value is -3.13. The van der Waals surface area contributed by atoms with E-state index in [-0.39, 0.29) is 11.1 Å². The molecule has 1 aromatic heterocycles. The Labute approximate surface area is 143 Å². The smallest absolute Gasteiger partial charge is 0.256 e. The van der Waals surface area contributed by atoms with Crippen molar-refractivity contribution in [2.75, 3.05) is 16.3 Å². The van der Waals surface area contributed by atoms with Gasteiger partial charge < -0.3 is 10.3 Å². The molecule has 0 atom stereocenters. The summed E-state index contributed by atoms with van der Waals surface area (Å²) in [7, 11) is -3.36. The van der Waals surface area contributed by atoms with Gasteiger partial charge in [0.15, 0.2) is 0 Å². The van der Waals surface area contributed by atoms with Gasteiger partial charge in [0.2, 0.25) is 15.6 Å². The SMILES string of the molecule is CS(=O)(=O)Nc1ccc(NC(=O)c2cc(=O)[nH]c3ccccc23)cc1. The van der Waals surface area contributed by atoms with E-state index < -0.39 is 15.9 Å². The lowest BCUT2D eigenvalue weighted by molar-refractivity contribution is 0.102. The first-order valence-corrected chi connectivity index (χ1v) is 9.22. The molecule has 3 N–H and O–H groups in total. The summed E-state index contributed by atoms with van der Waals surface area (Å²) in [5.41, 5.74) is 1.35. The highest BCUT2D eigenvalue weighted by atomic mass is 32.2. The topological polar surface area (TPSA) is 108 Å². The van der Waals surface area contributed by atoms with Crippen LogP contribution in [0.2, 0.25) is 0 Å². The molecule has 128 valence electrons. The first-order valence-electron chi connectivity index (χ1n) is 7.33. The summed E-state index contributed by atoms with van der Waals surface area (Å²) in [5, 5.41) is 3.33. The highest BCUT2D eigenvalue weighted by Crippen LogP contribution is 2.18. The lowest BCUT2D eigenvalue weighted by Gasteiger charge is -2.09. The molecule has 8 heteroatoms. The number of aromatic amines is 1. The van der Waals surface area contributed by atoms with Crippen LogP contribution in [0.1, 0.15) is 10.4 Å². The fourth-order valence-corrected chi connectivity index (χ4v) is 2.99. The Kier molecular flexibility index (Phi) is 4.28. The van der Waals surface area contributed by atoms with E-state index in [2.05, 4.69) is 15.0 Å². The molecule has 1 heterocycles. The maximum absolute atomic E-state index is 12.5. The number of fused-ring (bicyclic) bond motifs is 1. The summed E-state index contributed by atoms with van der Waals surface area (Å²) in [6.45, 7) is 0. The predicted octanol–water partition coefficient (Wildman–Crippen LogP) is 2.15. The van der Waals surface area contributed by atoms with Crippen molar-refractivity contribution < 1.29 is 13.2 Å². The predicted molar refractivity (Wildman–Crippen MR) is 97.4 cm³/mol. The molecule has 2 aromatic carbocycles. The second-order valence-electron chi connectivity index (χ2n) is 5.50. The second kappa shape index (κ2) is 6.40. The van der Waals surface area contributed by atoms with Crippen LogP contribution in [0.4, 0.5) is 11.4 Å². The molecule has 0 saturated carbocycles. The third-order valence-electron chi connectivity index (χ3n) is 3.44. The van der Waals surface area contributed by atoms with E-state index in [4.69, 9.17) is 0 Å². The molecule has 0 fully saturated rings. The number of benzene rings is 2. The molecule has 0 bridgehead atoms. The van der Waals surface area contributed by atoms with Gasteiger partial charge in [0.1, 0.15) is 0 Å². The van der Waals surface area contributed by atoms with Gasteiger partial charge in [0, 0.05) is 28.3 Å². The Morgan fingerprint density at radius 2 is 1.64 bits per heavy atom. The molecular weight excluding hydrogens is 342 g/mol. The van der Waals surface area contributed by atoms with E-state index >= 15 is 0 Å². The number of pyridine rings is 1. The number of hydrogen-bond acceptors (Lipinski definition) is 4. The van der Waals surface area contributed by atoms with Gasteiger partial charge in [-0.3, -0.25) is 14.3 Å². The minimum absolute atomic E-state index is 0.262. The van der Waals surface area contributed by atoms with Crippen LogP contribution in [-0.2, 0) is 10.0 Å². The zero-order chi connectivity index (χ0) is 18.0. The second-order valence-corrected chi connectivity index (χ2v) is 7.25. The Bertz CT molecular complexity index is 1100. The number of nitrogens with one attached hydrogen (secondary N) is 3. The van der Waals surface area contributed by atoms with Crippen molar-refractivity contribution in [2.24, 2.45) is 0 Å². The number of H-pyrrole nitrogens is 1. The molecule has 0 aliphatic heterocycles. The van der Waals surface area contributed by atoms with Crippen molar-refractivity contribution >= 4 is 38.2 Å². The minimum atomic E-state index is -3.36. The number of para-hydroxylation sites is 1. The van der Waals surface area contributed by atoms with Crippen molar-refractivity contribution in [3.05, 3.63) is 70.5 Å². The van der Waals surface area contributed by atoms with Crippen molar-refractivity contribution in [3.8, 4) is 0 Å². The van der Waals surface area contributed by atoms with Gasteiger partial charge in [-0.05, 0) is 30.3 Å². The highest BCUT2D eigenvalue weighted by Gasteiger charge is 2.12. The summed E-state index contributed by atoms with van der Waals surface area (Å²) in [5.74, 6) is -0.425. The van der Waals surface area contributed by atoms with Gasteiger partial charge in [-0.15, -0.1) is 0 Å². The average molecular weight is 357 g/mol. The molecular formula is C17H15N3O4S. The van der Waals surface area contributed by atoms with E-state index in [1.54, 1.807) is 36.4 Å². The molecule has 0 saturated heterocycles. The molecule has 3 rings (SSSR count). The summed E-state index contributed by atoms with van der Waals surface area (Å²) >= 11 is 0. The Morgan fingerprint density at radius 1 is 1.00 bits per heavy atom. The van der Waals surface area contributed by atoms with Gasteiger partial charge >= 0.3 is 0 Å². The lowest BCUT2D eigenvalue weighted by atomic mass is 10.1. The minimum Gasteiger partial charge on any atom is -0.322 e. The monoisotopic (exact) mass is 357 g/mol. The summed E-state index contributed by atoms with van der Waals surface area (Å²) in [6.07, 6.45) is 1.06.